The zero-order chi connectivity index (χ0) is 14.8. The highest BCUT2D eigenvalue weighted by Gasteiger charge is 2.13. The van der Waals surface area contributed by atoms with Gasteiger partial charge in [-0.15, -0.1) is 21.5 Å². The van der Waals surface area contributed by atoms with E-state index in [1.807, 2.05) is 25.3 Å². The molecule has 0 aromatic carbocycles. The molecule has 0 aliphatic rings. The fraction of sp³-hybridized carbons (Fsp3) is 0.385. The first-order chi connectivity index (χ1) is 10.2. The zero-order valence-electron chi connectivity index (χ0n) is 11.7. The van der Waals surface area contributed by atoms with E-state index >= 15 is 0 Å². The van der Waals surface area contributed by atoms with Crippen molar-refractivity contribution >= 4 is 33.3 Å². The lowest BCUT2D eigenvalue weighted by Crippen LogP contribution is -2.21. The highest BCUT2D eigenvalue weighted by molar-refractivity contribution is 7.98. The summed E-state index contributed by atoms with van der Waals surface area (Å²) in [7, 11) is 0. The highest BCUT2D eigenvalue weighted by Crippen LogP contribution is 2.23. The van der Waals surface area contributed by atoms with E-state index < -0.39 is 0 Å². The van der Waals surface area contributed by atoms with E-state index in [2.05, 4.69) is 15.2 Å². The Hall–Kier alpha value is -1.67. The Morgan fingerprint density at radius 2 is 2.14 bits per heavy atom. The van der Waals surface area contributed by atoms with Crippen molar-refractivity contribution in [1.82, 2.24) is 19.7 Å². The molecule has 0 saturated carbocycles. The quantitative estimate of drug-likeness (QED) is 0.531. The van der Waals surface area contributed by atoms with Gasteiger partial charge in [-0.3, -0.25) is 9.36 Å². The minimum absolute atomic E-state index is 0.0137. The van der Waals surface area contributed by atoms with Crippen molar-refractivity contribution in [1.29, 1.82) is 0 Å². The average Bonchev–Trinajstić information content (AvgIpc) is 3.14. The van der Waals surface area contributed by atoms with Gasteiger partial charge in [0.25, 0.3) is 5.56 Å². The highest BCUT2D eigenvalue weighted by atomic mass is 32.2. The molecule has 0 aliphatic carbocycles. The smallest absolute Gasteiger partial charge is 0.272 e. The van der Waals surface area contributed by atoms with Gasteiger partial charge in [-0.05, 0) is 18.4 Å². The van der Waals surface area contributed by atoms with Gasteiger partial charge < -0.3 is 4.42 Å². The molecule has 110 valence electrons. The van der Waals surface area contributed by atoms with Gasteiger partial charge in [0.05, 0.1) is 11.3 Å². The fourth-order valence-corrected chi connectivity index (χ4v) is 3.61. The molecular weight excluding hydrogens is 308 g/mol. The van der Waals surface area contributed by atoms with Gasteiger partial charge in [0.1, 0.15) is 4.70 Å². The molecule has 0 radical (unpaired) electrons. The molecule has 0 spiro atoms. The summed E-state index contributed by atoms with van der Waals surface area (Å²) in [4.78, 5) is 16.9. The SMILES string of the molecule is CCc1nnc(CSc2nc3ccsc3c(=O)n2CC)o1. The Morgan fingerprint density at radius 3 is 2.86 bits per heavy atom. The molecule has 3 aromatic heterocycles. The molecule has 21 heavy (non-hydrogen) atoms. The first-order valence-electron chi connectivity index (χ1n) is 6.65. The number of nitrogens with zero attached hydrogens (tertiary/aromatic N) is 4. The molecule has 0 atom stereocenters. The topological polar surface area (TPSA) is 73.8 Å². The van der Waals surface area contributed by atoms with Crippen molar-refractivity contribution < 1.29 is 4.42 Å². The maximum Gasteiger partial charge on any atom is 0.272 e. The van der Waals surface area contributed by atoms with Gasteiger partial charge in [0.15, 0.2) is 5.16 Å². The normalized spacial score (nSPS) is 11.3. The number of hydrogen-bond acceptors (Lipinski definition) is 7. The second kappa shape index (κ2) is 5.98. The van der Waals surface area contributed by atoms with E-state index in [0.29, 0.717) is 33.9 Å². The van der Waals surface area contributed by atoms with Crippen LogP contribution in [0.15, 0.2) is 25.8 Å². The molecule has 8 heteroatoms. The Morgan fingerprint density at radius 1 is 1.33 bits per heavy atom. The van der Waals surface area contributed by atoms with Crippen LogP contribution in [0.25, 0.3) is 10.2 Å². The third-order valence-electron chi connectivity index (χ3n) is 2.98. The fourth-order valence-electron chi connectivity index (χ4n) is 1.93. The van der Waals surface area contributed by atoms with Crippen LogP contribution in [0.1, 0.15) is 25.6 Å². The van der Waals surface area contributed by atoms with Crippen LogP contribution >= 0.6 is 23.1 Å². The number of fused-ring (bicyclic) bond motifs is 1. The predicted octanol–water partition coefficient (Wildman–Crippen LogP) is 2.72. The molecule has 0 bridgehead atoms. The molecule has 0 aliphatic heterocycles. The van der Waals surface area contributed by atoms with Crippen molar-refractivity contribution in [3.63, 3.8) is 0 Å². The van der Waals surface area contributed by atoms with Gasteiger partial charge >= 0.3 is 0 Å². The van der Waals surface area contributed by atoms with Crippen molar-refractivity contribution in [3.05, 3.63) is 33.6 Å². The van der Waals surface area contributed by atoms with Crippen LogP contribution in [-0.4, -0.2) is 19.7 Å². The lowest BCUT2D eigenvalue weighted by molar-refractivity contribution is 0.469. The monoisotopic (exact) mass is 322 g/mol. The summed E-state index contributed by atoms with van der Waals surface area (Å²) < 4.78 is 7.86. The van der Waals surface area contributed by atoms with Crippen molar-refractivity contribution in [2.75, 3.05) is 0 Å². The van der Waals surface area contributed by atoms with E-state index in [1.54, 1.807) is 4.57 Å². The number of thioether (sulfide) groups is 1. The number of thiophene rings is 1. The standard InChI is InChI=1S/C13H14N4O2S2/c1-3-9-15-16-10(19-9)7-21-13-14-8-5-6-20-11(8)12(18)17(13)4-2/h5-6H,3-4,7H2,1-2H3. The van der Waals surface area contributed by atoms with E-state index in [0.717, 1.165) is 11.9 Å². The van der Waals surface area contributed by atoms with E-state index in [9.17, 15) is 4.79 Å². The van der Waals surface area contributed by atoms with Crippen LogP contribution in [0, 0.1) is 0 Å². The molecule has 3 aromatic rings. The van der Waals surface area contributed by atoms with Gasteiger partial charge in [-0.1, -0.05) is 18.7 Å². The average molecular weight is 322 g/mol. The van der Waals surface area contributed by atoms with E-state index in [4.69, 9.17) is 4.42 Å². The molecule has 3 heterocycles. The van der Waals surface area contributed by atoms with Crippen molar-refractivity contribution in [2.45, 2.75) is 37.7 Å². The van der Waals surface area contributed by atoms with E-state index in [1.165, 1.54) is 23.1 Å². The minimum Gasteiger partial charge on any atom is -0.424 e. The Kier molecular flexibility index (Phi) is 4.07. The first kappa shape index (κ1) is 14.3. The summed E-state index contributed by atoms with van der Waals surface area (Å²) >= 11 is 2.87. The summed E-state index contributed by atoms with van der Waals surface area (Å²) in [6, 6.07) is 1.87. The molecule has 0 fully saturated rings. The van der Waals surface area contributed by atoms with Gasteiger partial charge in [0.2, 0.25) is 11.8 Å². The molecule has 6 nitrogen and oxygen atoms in total. The van der Waals surface area contributed by atoms with Crippen molar-refractivity contribution in [2.24, 2.45) is 0 Å². The summed E-state index contributed by atoms with van der Waals surface area (Å²) in [5.74, 6) is 1.69. The first-order valence-corrected chi connectivity index (χ1v) is 8.51. The van der Waals surface area contributed by atoms with Crippen LogP contribution in [0.3, 0.4) is 0 Å². The number of aryl methyl sites for hydroxylation is 1. The van der Waals surface area contributed by atoms with Crippen molar-refractivity contribution in [3.8, 4) is 0 Å². The summed E-state index contributed by atoms with van der Waals surface area (Å²) in [6.45, 7) is 4.49. The third kappa shape index (κ3) is 2.73. The largest absolute Gasteiger partial charge is 0.424 e. The van der Waals surface area contributed by atoms with Gasteiger partial charge in [-0.2, -0.15) is 0 Å². The second-order valence-corrected chi connectivity index (χ2v) is 6.17. The number of rotatable bonds is 5. The van der Waals surface area contributed by atoms with Crippen LogP contribution in [-0.2, 0) is 18.7 Å². The lowest BCUT2D eigenvalue weighted by Gasteiger charge is -2.08. The Bertz CT molecular complexity index is 821. The number of hydrogen-bond donors (Lipinski definition) is 0. The Labute approximate surface area is 129 Å². The van der Waals surface area contributed by atoms with Crippen LogP contribution in [0.5, 0.6) is 0 Å². The van der Waals surface area contributed by atoms with Crippen LogP contribution < -0.4 is 5.56 Å². The third-order valence-corrected chi connectivity index (χ3v) is 4.84. The summed E-state index contributed by atoms with van der Waals surface area (Å²) in [5, 5.41) is 10.5. The van der Waals surface area contributed by atoms with Crippen LogP contribution in [0.2, 0.25) is 0 Å². The molecular formula is C13H14N4O2S2. The molecule has 0 unspecified atom stereocenters. The molecule has 0 amide bonds. The zero-order valence-corrected chi connectivity index (χ0v) is 13.3. The maximum absolute atomic E-state index is 12.4. The maximum atomic E-state index is 12.4. The predicted molar refractivity (Wildman–Crippen MR) is 82.8 cm³/mol. The molecule has 0 saturated heterocycles. The molecule has 3 rings (SSSR count). The van der Waals surface area contributed by atoms with Crippen LogP contribution in [0.4, 0.5) is 0 Å². The minimum atomic E-state index is 0.0137. The van der Waals surface area contributed by atoms with Gasteiger partial charge in [-0.25, -0.2) is 4.98 Å². The molecule has 0 N–H and O–H groups in total. The summed E-state index contributed by atoms with van der Waals surface area (Å²) in [5.41, 5.74) is 0.761. The Balaban J connectivity index is 1.90. The van der Waals surface area contributed by atoms with Gasteiger partial charge in [0, 0.05) is 13.0 Å². The summed E-state index contributed by atoms with van der Waals surface area (Å²) in [6.07, 6.45) is 0.719. The lowest BCUT2D eigenvalue weighted by atomic mass is 10.5. The number of aromatic nitrogens is 4. The second-order valence-electron chi connectivity index (χ2n) is 4.31. The van der Waals surface area contributed by atoms with E-state index in [-0.39, 0.29) is 5.56 Å².